The van der Waals surface area contributed by atoms with E-state index in [2.05, 4.69) is 0 Å². The quantitative estimate of drug-likeness (QED) is 0.765. The summed E-state index contributed by atoms with van der Waals surface area (Å²) in [7, 11) is -2.98. The first-order valence-electron chi connectivity index (χ1n) is 6.42. The van der Waals surface area contributed by atoms with Crippen molar-refractivity contribution in [3.05, 3.63) is 34.9 Å². The summed E-state index contributed by atoms with van der Waals surface area (Å²) in [6, 6.07) is 5.85. The summed E-state index contributed by atoms with van der Waals surface area (Å²) in [6.45, 7) is 0. The predicted molar refractivity (Wildman–Crippen MR) is 69.6 cm³/mol. The third-order valence-electron chi connectivity index (χ3n) is 3.99. The standard InChI is InChI=1S/C14H16O3S/c15-14(13-6-7-18(16,17)9-13)12-5-4-10-2-1-3-11(10)8-12/h4-5,8,13H,1-3,6-7,9H2. The number of ketones is 1. The average Bonchev–Trinajstić information content (AvgIpc) is 2.93. The van der Waals surface area contributed by atoms with Crippen molar-refractivity contribution in [2.24, 2.45) is 5.92 Å². The van der Waals surface area contributed by atoms with Gasteiger partial charge in [-0.2, -0.15) is 0 Å². The lowest BCUT2D eigenvalue weighted by Crippen LogP contribution is -2.16. The molecule has 0 amide bonds. The summed E-state index contributed by atoms with van der Waals surface area (Å²) in [4.78, 5) is 12.3. The molecule has 18 heavy (non-hydrogen) atoms. The van der Waals surface area contributed by atoms with E-state index in [0.29, 0.717) is 12.0 Å². The van der Waals surface area contributed by atoms with Gasteiger partial charge in [0.25, 0.3) is 0 Å². The first-order valence-corrected chi connectivity index (χ1v) is 8.24. The van der Waals surface area contributed by atoms with Gasteiger partial charge in [0.15, 0.2) is 15.6 Å². The first kappa shape index (κ1) is 11.9. The number of Topliss-reactive ketones (excluding diaryl/α,β-unsaturated/α-hetero) is 1. The number of benzene rings is 1. The maximum Gasteiger partial charge on any atom is 0.166 e. The Kier molecular flexibility index (Phi) is 2.77. The number of aryl methyl sites for hydroxylation is 2. The van der Waals surface area contributed by atoms with Gasteiger partial charge in [-0.15, -0.1) is 0 Å². The van der Waals surface area contributed by atoms with Crippen LogP contribution in [0.3, 0.4) is 0 Å². The molecule has 2 aliphatic rings. The molecule has 0 saturated carbocycles. The van der Waals surface area contributed by atoms with E-state index < -0.39 is 9.84 Å². The summed E-state index contributed by atoms with van der Waals surface area (Å²) in [5.41, 5.74) is 3.30. The van der Waals surface area contributed by atoms with Crippen molar-refractivity contribution < 1.29 is 13.2 Å². The Balaban J connectivity index is 1.85. The highest BCUT2D eigenvalue weighted by Crippen LogP contribution is 2.27. The number of hydrogen-bond donors (Lipinski definition) is 0. The molecule has 0 N–H and O–H groups in total. The summed E-state index contributed by atoms with van der Waals surface area (Å²) in [5.74, 6) is -0.128. The van der Waals surface area contributed by atoms with Crippen molar-refractivity contribution >= 4 is 15.6 Å². The van der Waals surface area contributed by atoms with Crippen molar-refractivity contribution in [1.82, 2.24) is 0 Å². The van der Waals surface area contributed by atoms with Crippen LogP contribution >= 0.6 is 0 Å². The normalized spacial score (nSPS) is 25.0. The first-order chi connectivity index (χ1) is 8.55. The molecule has 1 aliphatic carbocycles. The lowest BCUT2D eigenvalue weighted by atomic mass is 9.95. The molecule has 1 heterocycles. The van der Waals surface area contributed by atoms with Crippen LogP contribution in [0.25, 0.3) is 0 Å². The van der Waals surface area contributed by atoms with Gasteiger partial charge >= 0.3 is 0 Å². The Morgan fingerprint density at radius 3 is 2.67 bits per heavy atom. The van der Waals surface area contributed by atoms with E-state index in [1.54, 1.807) is 0 Å². The van der Waals surface area contributed by atoms with Crippen LogP contribution in [0.5, 0.6) is 0 Å². The van der Waals surface area contributed by atoms with Crippen molar-refractivity contribution in [3.8, 4) is 0 Å². The van der Waals surface area contributed by atoms with Crippen molar-refractivity contribution in [3.63, 3.8) is 0 Å². The molecule has 3 rings (SSSR count). The van der Waals surface area contributed by atoms with Crippen LogP contribution in [0, 0.1) is 5.92 Å². The van der Waals surface area contributed by atoms with Crippen LogP contribution in [0.15, 0.2) is 18.2 Å². The average molecular weight is 264 g/mol. The molecule has 1 fully saturated rings. The van der Waals surface area contributed by atoms with Crippen LogP contribution in [0.2, 0.25) is 0 Å². The van der Waals surface area contributed by atoms with Gasteiger partial charge in [0.05, 0.1) is 11.5 Å². The number of rotatable bonds is 2. The van der Waals surface area contributed by atoms with Crippen LogP contribution in [0.4, 0.5) is 0 Å². The smallest absolute Gasteiger partial charge is 0.166 e. The summed E-state index contributed by atoms with van der Waals surface area (Å²) >= 11 is 0. The van der Waals surface area contributed by atoms with Gasteiger partial charge in [-0.1, -0.05) is 12.1 Å². The highest BCUT2D eigenvalue weighted by molar-refractivity contribution is 7.91. The molecule has 1 atom stereocenters. The van der Waals surface area contributed by atoms with Crippen LogP contribution in [0.1, 0.15) is 34.3 Å². The van der Waals surface area contributed by atoms with Crippen molar-refractivity contribution in [2.75, 3.05) is 11.5 Å². The predicted octanol–water partition coefficient (Wildman–Crippen LogP) is 1.79. The Morgan fingerprint density at radius 2 is 1.94 bits per heavy atom. The number of carbonyl (C=O) groups is 1. The van der Waals surface area contributed by atoms with E-state index in [4.69, 9.17) is 0 Å². The van der Waals surface area contributed by atoms with E-state index in [1.165, 1.54) is 11.1 Å². The molecule has 0 spiro atoms. The lowest BCUT2D eigenvalue weighted by molar-refractivity contribution is 0.0933. The molecule has 0 aromatic heterocycles. The van der Waals surface area contributed by atoms with Crippen molar-refractivity contribution in [2.45, 2.75) is 25.7 Å². The zero-order valence-corrected chi connectivity index (χ0v) is 11.0. The third-order valence-corrected chi connectivity index (χ3v) is 5.75. The Labute approximate surface area is 107 Å². The van der Waals surface area contributed by atoms with E-state index >= 15 is 0 Å². The maximum atomic E-state index is 12.3. The van der Waals surface area contributed by atoms with E-state index in [0.717, 1.165) is 19.3 Å². The third kappa shape index (κ3) is 2.09. The molecule has 1 aromatic carbocycles. The van der Waals surface area contributed by atoms with Gasteiger partial charge < -0.3 is 0 Å². The Hall–Kier alpha value is -1.16. The van der Waals surface area contributed by atoms with E-state index in [-0.39, 0.29) is 23.2 Å². The second kappa shape index (κ2) is 4.19. The number of carbonyl (C=O) groups excluding carboxylic acids is 1. The molecule has 1 unspecified atom stereocenters. The Bertz CT molecular complexity index is 601. The van der Waals surface area contributed by atoms with Gasteiger partial charge in [-0.25, -0.2) is 8.42 Å². The Morgan fingerprint density at radius 1 is 1.17 bits per heavy atom. The van der Waals surface area contributed by atoms with Gasteiger partial charge in [-0.3, -0.25) is 4.79 Å². The van der Waals surface area contributed by atoms with Crippen LogP contribution in [-0.2, 0) is 22.7 Å². The lowest BCUT2D eigenvalue weighted by Gasteiger charge is -2.08. The van der Waals surface area contributed by atoms with Crippen LogP contribution in [-0.4, -0.2) is 25.7 Å². The van der Waals surface area contributed by atoms with Gasteiger partial charge in [0.2, 0.25) is 0 Å². The molecule has 0 bridgehead atoms. The number of hydrogen-bond acceptors (Lipinski definition) is 3. The minimum atomic E-state index is -2.98. The summed E-state index contributed by atoms with van der Waals surface area (Å²) < 4.78 is 22.8. The molecule has 4 heteroatoms. The zero-order chi connectivity index (χ0) is 12.8. The molecular formula is C14H16O3S. The van der Waals surface area contributed by atoms with Gasteiger partial charge in [0.1, 0.15) is 0 Å². The monoisotopic (exact) mass is 264 g/mol. The molecule has 1 saturated heterocycles. The second-order valence-corrected chi connectivity index (χ2v) is 7.53. The highest BCUT2D eigenvalue weighted by atomic mass is 32.2. The minimum absolute atomic E-state index is 0.00535. The molecule has 1 aromatic rings. The summed E-state index contributed by atoms with van der Waals surface area (Å²) in [5, 5.41) is 0. The maximum absolute atomic E-state index is 12.3. The molecule has 0 radical (unpaired) electrons. The molecule has 1 aliphatic heterocycles. The fraction of sp³-hybridized carbons (Fsp3) is 0.500. The molecule has 96 valence electrons. The SMILES string of the molecule is O=C(c1ccc2c(c1)CCC2)C1CCS(=O)(=O)C1. The number of fused-ring (bicyclic) bond motifs is 1. The molecular weight excluding hydrogens is 248 g/mol. The van der Waals surface area contributed by atoms with E-state index in [1.807, 2.05) is 18.2 Å². The fourth-order valence-electron chi connectivity index (χ4n) is 2.96. The van der Waals surface area contributed by atoms with Crippen molar-refractivity contribution in [1.29, 1.82) is 0 Å². The largest absolute Gasteiger partial charge is 0.294 e. The highest BCUT2D eigenvalue weighted by Gasteiger charge is 2.33. The summed E-state index contributed by atoms with van der Waals surface area (Å²) in [6.07, 6.45) is 3.78. The van der Waals surface area contributed by atoms with Crippen LogP contribution < -0.4 is 0 Å². The number of sulfone groups is 1. The minimum Gasteiger partial charge on any atom is -0.294 e. The van der Waals surface area contributed by atoms with Gasteiger partial charge in [-0.05, 0) is 42.9 Å². The van der Waals surface area contributed by atoms with E-state index in [9.17, 15) is 13.2 Å². The fourth-order valence-corrected chi connectivity index (χ4v) is 4.70. The zero-order valence-electron chi connectivity index (χ0n) is 10.2. The molecule has 3 nitrogen and oxygen atoms in total. The van der Waals surface area contributed by atoms with Gasteiger partial charge in [0, 0.05) is 11.5 Å². The second-order valence-electron chi connectivity index (χ2n) is 5.30. The topological polar surface area (TPSA) is 51.2 Å².